The molecular weight excluding hydrogens is 462 g/mol. The van der Waals surface area contributed by atoms with Crippen LogP contribution in [-0.2, 0) is 24.8 Å². The predicted molar refractivity (Wildman–Crippen MR) is 147 cm³/mol. The van der Waals surface area contributed by atoms with E-state index in [0.29, 0.717) is 24.7 Å². The van der Waals surface area contributed by atoms with Gasteiger partial charge in [0.15, 0.2) is 5.82 Å². The molecule has 2 aliphatic heterocycles. The van der Waals surface area contributed by atoms with E-state index in [1.54, 1.807) is 6.92 Å². The monoisotopic (exact) mass is 501 g/mol. The highest BCUT2D eigenvalue weighted by atomic mass is 16.2. The molecule has 7 nitrogen and oxygen atoms in total. The molecule has 0 spiro atoms. The number of terminal acetylenes is 1. The van der Waals surface area contributed by atoms with E-state index < -0.39 is 0 Å². The van der Waals surface area contributed by atoms with Crippen LogP contribution in [-0.4, -0.2) is 51.0 Å². The molecule has 2 aromatic rings. The molecule has 37 heavy (non-hydrogen) atoms. The molecular formula is C30H39N5O2. The molecule has 3 heterocycles. The molecule has 7 heteroatoms. The van der Waals surface area contributed by atoms with Gasteiger partial charge in [0.1, 0.15) is 0 Å². The third kappa shape index (κ3) is 6.07. The van der Waals surface area contributed by atoms with Gasteiger partial charge < -0.3 is 15.1 Å². The van der Waals surface area contributed by atoms with Crippen LogP contribution in [0.5, 0.6) is 0 Å². The zero-order valence-electron chi connectivity index (χ0n) is 22.6. The molecule has 4 rings (SSSR count). The molecule has 1 aromatic heterocycles. The first-order valence-electron chi connectivity index (χ1n) is 13.4. The summed E-state index contributed by atoms with van der Waals surface area (Å²) in [5.74, 6) is 4.04. The van der Waals surface area contributed by atoms with Gasteiger partial charge in [0.2, 0.25) is 5.91 Å². The maximum absolute atomic E-state index is 12.9. The van der Waals surface area contributed by atoms with Gasteiger partial charge in [-0.1, -0.05) is 25.0 Å². The number of nitrogens with one attached hydrogen (secondary N) is 1. The van der Waals surface area contributed by atoms with Crippen LogP contribution in [0, 0.1) is 19.3 Å². The minimum atomic E-state index is 0.0707. The number of aryl methyl sites for hydroxylation is 2. The third-order valence-corrected chi connectivity index (χ3v) is 7.74. The molecule has 1 unspecified atom stereocenters. The Hall–Kier alpha value is -3.53. The van der Waals surface area contributed by atoms with E-state index in [1.165, 1.54) is 12.0 Å². The number of benzene rings is 1. The van der Waals surface area contributed by atoms with Crippen LogP contribution >= 0.6 is 0 Å². The second-order valence-corrected chi connectivity index (χ2v) is 10.4. The van der Waals surface area contributed by atoms with E-state index in [1.807, 2.05) is 39.7 Å². The fraction of sp³-hybridized carbons (Fsp3) is 0.500. The average Bonchev–Trinajstić information content (AvgIpc) is 3.22. The molecule has 2 amide bonds. The number of nitrogens with zero attached hydrogens (tertiary/aromatic N) is 4. The number of amides is 2. The summed E-state index contributed by atoms with van der Waals surface area (Å²) < 4.78 is 1.88. The van der Waals surface area contributed by atoms with Gasteiger partial charge in [0.05, 0.1) is 12.2 Å². The summed E-state index contributed by atoms with van der Waals surface area (Å²) >= 11 is 0. The SMILES string of the molecule is C#C/C(=C\CCC(C)c1ccc(C(=O)N2CCCCC2)cc1C)Nc1nn(C)c2c1CN(C(C)=O)CC2. The number of fused-ring (bicyclic) bond motifs is 1. The molecule has 1 aromatic carbocycles. The third-order valence-electron chi connectivity index (χ3n) is 7.74. The maximum Gasteiger partial charge on any atom is 0.253 e. The maximum atomic E-state index is 12.9. The Balaban J connectivity index is 1.38. The minimum Gasteiger partial charge on any atom is -0.339 e. The van der Waals surface area contributed by atoms with Crippen LogP contribution in [0.3, 0.4) is 0 Å². The van der Waals surface area contributed by atoms with Crippen LogP contribution in [0.1, 0.15) is 84.6 Å². The van der Waals surface area contributed by atoms with Crippen molar-refractivity contribution < 1.29 is 9.59 Å². The lowest BCUT2D eigenvalue weighted by Crippen LogP contribution is -2.35. The topological polar surface area (TPSA) is 70.5 Å². The summed E-state index contributed by atoms with van der Waals surface area (Å²) in [7, 11) is 1.93. The number of hydrogen-bond acceptors (Lipinski definition) is 4. The number of likely N-dealkylation sites (tertiary alicyclic amines) is 1. The van der Waals surface area contributed by atoms with E-state index in [2.05, 4.69) is 36.2 Å². The number of carbonyl (C=O) groups excluding carboxylic acids is 2. The number of carbonyl (C=O) groups is 2. The van der Waals surface area contributed by atoms with Crippen molar-refractivity contribution in [3.05, 3.63) is 57.9 Å². The first-order valence-corrected chi connectivity index (χ1v) is 13.4. The fourth-order valence-corrected chi connectivity index (χ4v) is 5.51. The van der Waals surface area contributed by atoms with E-state index >= 15 is 0 Å². The lowest BCUT2D eigenvalue weighted by Gasteiger charge is -2.27. The second-order valence-electron chi connectivity index (χ2n) is 10.4. The van der Waals surface area contributed by atoms with Crippen molar-refractivity contribution in [2.24, 2.45) is 7.05 Å². The normalized spacial score (nSPS) is 16.7. The number of rotatable bonds is 7. The van der Waals surface area contributed by atoms with Gasteiger partial charge >= 0.3 is 0 Å². The van der Waals surface area contributed by atoms with Crippen molar-refractivity contribution in [1.82, 2.24) is 19.6 Å². The highest BCUT2D eigenvalue weighted by Gasteiger charge is 2.25. The number of anilines is 1. The summed E-state index contributed by atoms with van der Waals surface area (Å²) in [4.78, 5) is 28.6. The second kappa shape index (κ2) is 11.7. The summed E-state index contributed by atoms with van der Waals surface area (Å²) in [5.41, 5.74) is 6.08. The van der Waals surface area contributed by atoms with Crippen molar-refractivity contribution in [2.45, 2.75) is 71.8 Å². The fourth-order valence-electron chi connectivity index (χ4n) is 5.51. The molecule has 0 radical (unpaired) electrons. The van der Waals surface area contributed by atoms with Crippen molar-refractivity contribution in [3.8, 4) is 12.3 Å². The van der Waals surface area contributed by atoms with Gasteiger partial charge in [-0.25, -0.2) is 0 Å². The Morgan fingerprint density at radius 2 is 1.95 bits per heavy atom. The molecule has 1 saturated heterocycles. The van der Waals surface area contributed by atoms with E-state index in [-0.39, 0.29) is 11.8 Å². The molecule has 1 atom stereocenters. The van der Waals surface area contributed by atoms with Gasteiger partial charge in [-0.2, -0.15) is 5.10 Å². The van der Waals surface area contributed by atoms with Gasteiger partial charge in [0, 0.05) is 56.8 Å². The van der Waals surface area contributed by atoms with Gasteiger partial charge in [0.25, 0.3) is 5.91 Å². The van der Waals surface area contributed by atoms with E-state index in [0.717, 1.165) is 73.4 Å². The van der Waals surface area contributed by atoms with Crippen molar-refractivity contribution >= 4 is 17.6 Å². The quantitative estimate of drug-likeness (QED) is 0.555. The van der Waals surface area contributed by atoms with E-state index in [4.69, 9.17) is 6.42 Å². The van der Waals surface area contributed by atoms with Crippen LogP contribution in [0.15, 0.2) is 30.0 Å². The number of allylic oxidation sites excluding steroid dienone is 2. The smallest absolute Gasteiger partial charge is 0.253 e. The van der Waals surface area contributed by atoms with Gasteiger partial charge in [-0.05, 0) is 68.2 Å². The van der Waals surface area contributed by atoms with Crippen LogP contribution in [0.2, 0.25) is 0 Å². The Morgan fingerprint density at radius 1 is 1.19 bits per heavy atom. The molecule has 0 saturated carbocycles. The van der Waals surface area contributed by atoms with Crippen LogP contribution in [0.25, 0.3) is 0 Å². The van der Waals surface area contributed by atoms with Crippen molar-refractivity contribution in [1.29, 1.82) is 0 Å². The van der Waals surface area contributed by atoms with Crippen LogP contribution < -0.4 is 5.32 Å². The number of piperidine rings is 1. The van der Waals surface area contributed by atoms with Crippen LogP contribution in [0.4, 0.5) is 5.82 Å². The first kappa shape index (κ1) is 26.5. The standard InChI is InChI=1S/C30H39N5O2/c1-6-25(31-29-27-20-35(23(4)36)18-15-28(27)33(5)32-29)12-10-11-21(2)26-14-13-24(19-22(26)3)30(37)34-16-8-7-9-17-34/h1,12-14,19,21H,7-11,15-18,20H2,2-5H3,(H,31,32)/b25-12+. The lowest BCUT2D eigenvalue weighted by molar-refractivity contribution is -0.129. The largest absolute Gasteiger partial charge is 0.339 e. The summed E-state index contributed by atoms with van der Waals surface area (Å²) in [5, 5.41) is 7.96. The highest BCUT2D eigenvalue weighted by Crippen LogP contribution is 2.28. The average molecular weight is 502 g/mol. The van der Waals surface area contributed by atoms with E-state index in [9.17, 15) is 9.59 Å². The van der Waals surface area contributed by atoms with Crippen molar-refractivity contribution in [2.75, 3.05) is 25.0 Å². The lowest BCUT2D eigenvalue weighted by atomic mass is 9.91. The Labute approximate surface area is 220 Å². The Morgan fingerprint density at radius 3 is 2.62 bits per heavy atom. The highest BCUT2D eigenvalue weighted by molar-refractivity contribution is 5.94. The Bertz CT molecular complexity index is 1230. The number of aromatic nitrogens is 2. The van der Waals surface area contributed by atoms with Gasteiger partial charge in [-0.15, -0.1) is 6.42 Å². The number of hydrogen-bond donors (Lipinski definition) is 1. The first-order chi connectivity index (χ1) is 17.8. The minimum absolute atomic E-state index is 0.0707. The predicted octanol–water partition coefficient (Wildman–Crippen LogP) is 4.77. The summed E-state index contributed by atoms with van der Waals surface area (Å²) in [6.07, 6.45) is 13.8. The Kier molecular flexibility index (Phi) is 8.38. The molecule has 0 bridgehead atoms. The summed E-state index contributed by atoms with van der Waals surface area (Å²) in [6.45, 7) is 8.90. The zero-order chi connectivity index (χ0) is 26.5. The molecule has 0 aliphatic carbocycles. The van der Waals surface area contributed by atoms with Crippen molar-refractivity contribution in [3.63, 3.8) is 0 Å². The molecule has 1 fully saturated rings. The summed E-state index contributed by atoms with van der Waals surface area (Å²) in [6, 6.07) is 6.14. The zero-order valence-corrected chi connectivity index (χ0v) is 22.6. The molecule has 1 N–H and O–H groups in total. The molecule has 2 aliphatic rings. The molecule has 196 valence electrons. The van der Waals surface area contributed by atoms with Gasteiger partial charge in [-0.3, -0.25) is 14.3 Å².